The molecule has 0 fully saturated rings. The fourth-order valence-corrected chi connectivity index (χ4v) is 1.06. The van der Waals surface area contributed by atoms with Crippen LogP contribution in [-0.4, -0.2) is 10.1 Å². The SMILES string of the molecule is CCc1cnc(O)c(Br)c1. The summed E-state index contributed by atoms with van der Waals surface area (Å²) in [5.74, 6) is 0.0530. The summed E-state index contributed by atoms with van der Waals surface area (Å²) in [5, 5.41) is 8.98. The molecular weight excluding hydrogens is 194 g/mol. The molecule has 0 aliphatic carbocycles. The Balaban J connectivity index is 3.04. The van der Waals surface area contributed by atoms with Crippen molar-refractivity contribution >= 4 is 15.9 Å². The van der Waals surface area contributed by atoms with Gasteiger partial charge in [0.1, 0.15) is 0 Å². The molecule has 1 rings (SSSR count). The highest BCUT2D eigenvalue weighted by Crippen LogP contribution is 2.21. The molecule has 0 unspecified atom stereocenters. The van der Waals surface area contributed by atoms with E-state index in [1.807, 2.05) is 13.0 Å². The molecule has 0 aliphatic heterocycles. The van der Waals surface area contributed by atoms with E-state index >= 15 is 0 Å². The van der Waals surface area contributed by atoms with E-state index in [0.717, 1.165) is 12.0 Å². The van der Waals surface area contributed by atoms with Crippen LogP contribution in [0.1, 0.15) is 12.5 Å². The molecule has 0 saturated heterocycles. The highest BCUT2D eigenvalue weighted by Gasteiger charge is 1.97. The first-order valence-electron chi connectivity index (χ1n) is 3.07. The second kappa shape index (κ2) is 3.01. The maximum atomic E-state index is 8.98. The quantitative estimate of drug-likeness (QED) is 0.756. The molecule has 0 aliphatic rings. The molecule has 2 nitrogen and oxygen atoms in total. The van der Waals surface area contributed by atoms with Gasteiger partial charge in [0.15, 0.2) is 0 Å². The standard InChI is InChI=1S/C7H8BrNO/c1-2-5-3-6(8)7(10)9-4-5/h3-4H,2H2,1H3,(H,9,10). The van der Waals surface area contributed by atoms with Crippen LogP contribution < -0.4 is 0 Å². The summed E-state index contributed by atoms with van der Waals surface area (Å²) < 4.78 is 0.659. The first-order valence-corrected chi connectivity index (χ1v) is 3.86. The summed E-state index contributed by atoms with van der Waals surface area (Å²) in [7, 11) is 0. The molecule has 1 heterocycles. The minimum Gasteiger partial charge on any atom is -0.492 e. The van der Waals surface area contributed by atoms with E-state index in [2.05, 4.69) is 20.9 Å². The van der Waals surface area contributed by atoms with Crippen molar-refractivity contribution in [2.45, 2.75) is 13.3 Å². The molecule has 0 bridgehead atoms. The normalized spacial score (nSPS) is 9.80. The zero-order valence-electron chi connectivity index (χ0n) is 5.63. The van der Waals surface area contributed by atoms with Gasteiger partial charge in [-0.1, -0.05) is 6.92 Å². The van der Waals surface area contributed by atoms with Crippen molar-refractivity contribution in [2.24, 2.45) is 0 Å². The van der Waals surface area contributed by atoms with E-state index in [0.29, 0.717) is 4.47 Å². The third-order valence-corrected chi connectivity index (χ3v) is 1.87. The molecule has 10 heavy (non-hydrogen) atoms. The van der Waals surface area contributed by atoms with Gasteiger partial charge in [0.2, 0.25) is 5.88 Å². The number of hydrogen-bond acceptors (Lipinski definition) is 2. The van der Waals surface area contributed by atoms with Crippen LogP contribution >= 0.6 is 15.9 Å². The largest absolute Gasteiger partial charge is 0.492 e. The molecule has 0 spiro atoms. The molecule has 0 atom stereocenters. The van der Waals surface area contributed by atoms with Gasteiger partial charge >= 0.3 is 0 Å². The van der Waals surface area contributed by atoms with Gasteiger partial charge in [0.05, 0.1) is 4.47 Å². The van der Waals surface area contributed by atoms with E-state index < -0.39 is 0 Å². The minimum atomic E-state index is 0.0530. The number of rotatable bonds is 1. The Morgan fingerprint density at radius 2 is 2.40 bits per heavy atom. The Labute approximate surface area is 68.0 Å². The Hall–Kier alpha value is -0.570. The molecule has 1 aromatic heterocycles. The van der Waals surface area contributed by atoms with Crippen molar-refractivity contribution in [3.63, 3.8) is 0 Å². The Morgan fingerprint density at radius 1 is 1.70 bits per heavy atom. The fraction of sp³-hybridized carbons (Fsp3) is 0.286. The summed E-state index contributed by atoms with van der Waals surface area (Å²) in [5.41, 5.74) is 1.12. The summed E-state index contributed by atoms with van der Waals surface area (Å²) >= 11 is 3.17. The molecule has 0 amide bonds. The molecule has 54 valence electrons. The van der Waals surface area contributed by atoms with Crippen LogP contribution in [0.5, 0.6) is 5.88 Å². The Kier molecular flexibility index (Phi) is 2.27. The number of pyridine rings is 1. The van der Waals surface area contributed by atoms with Crippen molar-refractivity contribution < 1.29 is 5.11 Å². The Morgan fingerprint density at radius 3 is 2.90 bits per heavy atom. The smallest absolute Gasteiger partial charge is 0.225 e. The number of aryl methyl sites for hydroxylation is 1. The first-order chi connectivity index (χ1) is 4.74. The van der Waals surface area contributed by atoms with E-state index in [1.165, 1.54) is 0 Å². The maximum Gasteiger partial charge on any atom is 0.225 e. The van der Waals surface area contributed by atoms with E-state index in [4.69, 9.17) is 5.11 Å². The third kappa shape index (κ3) is 1.48. The molecule has 1 aromatic rings. The van der Waals surface area contributed by atoms with E-state index in [9.17, 15) is 0 Å². The van der Waals surface area contributed by atoms with Crippen LogP contribution in [-0.2, 0) is 6.42 Å². The van der Waals surface area contributed by atoms with Gasteiger partial charge in [-0.05, 0) is 34.0 Å². The number of aromatic nitrogens is 1. The lowest BCUT2D eigenvalue weighted by atomic mass is 10.2. The predicted molar refractivity (Wildman–Crippen MR) is 43.0 cm³/mol. The van der Waals surface area contributed by atoms with Gasteiger partial charge < -0.3 is 5.11 Å². The Bertz CT molecular complexity index is 237. The zero-order valence-corrected chi connectivity index (χ0v) is 7.22. The summed E-state index contributed by atoms with van der Waals surface area (Å²) in [4.78, 5) is 3.76. The lowest BCUT2D eigenvalue weighted by Crippen LogP contribution is -1.82. The van der Waals surface area contributed by atoms with Crippen LogP contribution in [0.4, 0.5) is 0 Å². The van der Waals surface area contributed by atoms with E-state index in [-0.39, 0.29) is 5.88 Å². The summed E-state index contributed by atoms with van der Waals surface area (Å²) in [6, 6.07) is 1.86. The van der Waals surface area contributed by atoms with Gasteiger partial charge in [-0.2, -0.15) is 0 Å². The molecule has 0 aromatic carbocycles. The number of halogens is 1. The highest BCUT2D eigenvalue weighted by atomic mass is 79.9. The lowest BCUT2D eigenvalue weighted by Gasteiger charge is -1.97. The second-order valence-electron chi connectivity index (χ2n) is 2.00. The van der Waals surface area contributed by atoms with Gasteiger partial charge in [0.25, 0.3) is 0 Å². The van der Waals surface area contributed by atoms with Crippen LogP contribution in [0.2, 0.25) is 0 Å². The zero-order chi connectivity index (χ0) is 7.56. The van der Waals surface area contributed by atoms with Crippen molar-refractivity contribution in [3.8, 4) is 5.88 Å². The average Bonchev–Trinajstić information content (AvgIpc) is 1.95. The fourth-order valence-electron chi connectivity index (χ4n) is 0.664. The number of hydrogen-bond donors (Lipinski definition) is 1. The monoisotopic (exact) mass is 201 g/mol. The van der Waals surface area contributed by atoms with Crippen molar-refractivity contribution in [1.29, 1.82) is 0 Å². The van der Waals surface area contributed by atoms with E-state index in [1.54, 1.807) is 6.20 Å². The number of nitrogens with zero attached hydrogens (tertiary/aromatic N) is 1. The van der Waals surface area contributed by atoms with Gasteiger partial charge in [-0.3, -0.25) is 0 Å². The molecular formula is C7H8BrNO. The molecule has 0 radical (unpaired) electrons. The third-order valence-electron chi connectivity index (χ3n) is 1.29. The van der Waals surface area contributed by atoms with Crippen LogP contribution in [0.25, 0.3) is 0 Å². The topological polar surface area (TPSA) is 33.1 Å². The first kappa shape index (κ1) is 7.54. The molecule has 0 saturated carbocycles. The number of aromatic hydroxyl groups is 1. The van der Waals surface area contributed by atoms with Crippen LogP contribution in [0.15, 0.2) is 16.7 Å². The summed E-state index contributed by atoms with van der Waals surface area (Å²) in [6.07, 6.45) is 2.60. The minimum absolute atomic E-state index is 0.0530. The molecule has 1 N–H and O–H groups in total. The van der Waals surface area contributed by atoms with Gasteiger partial charge in [0, 0.05) is 6.20 Å². The van der Waals surface area contributed by atoms with Crippen molar-refractivity contribution in [1.82, 2.24) is 4.98 Å². The van der Waals surface area contributed by atoms with Crippen LogP contribution in [0, 0.1) is 0 Å². The maximum absolute atomic E-state index is 8.98. The van der Waals surface area contributed by atoms with Gasteiger partial charge in [-0.15, -0.1) is 0 Å². The second-order valence-corrected chi connectivity index (χ2v) is 2.86. The van der Waals surface area contributed by atoms with Crippen LogP contribution in [0.3, 0.4) is 0 Å². The van der Waals surface area contributed by atoms with Gasteiger partial charge in [-0.25, -0.2) is 4.98 Å². The highest BCUT2D eigenvalue weighted by molar-refractivity contribution is 9.10. The lowest BCUT2D eigenvalue weighted by molar-refractivity contribution is 0.449. The van der Waals surface area contributed by atoms with Crippen molar-refractivity contribution in [2.75, 3.05) is 0 Å². The predicted octanol–water partition coefficient (Wildman–Crippen LogP) is 2.11. The summed E-state index contributed by atoms with van der Waals surface area (Å²) in [6.45, 7) is 2.04. The molecule has 3 heteroatoms. The van der Waals surface area contributed by atoms with Crippen molar-refractivity contribution in [3.05, 3.63) is 22.3 Å². The average molecular weight is 202 g/mol.